The summed E-state index contributed by atoms with van der Waals surface area (Å²) in [4.78, 5) is 39.0. The Bertz CT molecular complexity index is 810. The van der Waals surface area contributed by atoms with Crippen LogP contribution in [0.1, 0.15) is 5.69 Å². The molecule has 21 heavy (non-hydrogen) atoms. The molecule has 0 atom stereocenters. The van der Waals surface area contributed by atoms with Crippen molar-refractivity contribution in [1.29, 1.82) is 0 Å². The van der Waals surface area contributed by atoms with Gasteiger partial charge < -0.3 is 5.32 Å². The van der Waals surface area contributed by atoms with Crippen LogP contribution in [0.3, 0.4) is 0 Å². The number of aryl methyl sites for hydroxylation is 1. The lowest BCUT2D eigenvalue weighted by Gasteiger charge is -2.09. The van der Waals surface area contributed by atoms with Crippen LogP contribution in [0.25, 0.3) is 0 Å². The van der Waals surface area contributed by atoms with Gasteiger partial charge in [0.2, 0.25) is 5.91 Å². The van der Waals surface area contributed by atoms with Gasteiger partial charge in [0.25, 0.3) is 5.56 Å². The lowest BCUT2D eigenvalue weighted by molar-refractivity contribution is -0.116. The molecule has 7 nitrogen and oxygen atoms in total. The molecule has 0 aliphatic heterocycles. The van der Waals surface area contributed by atoms with Crippen molar-refractivity contribution in [2.24, 2.45) is 7.05 Å². The molecular formula is C13H13ClN4O3. The van der Waals surface area contributed by atoms with Crippen molar-refractivity contribution in [2.45, 2.75) is 13.5 Å². The summed E-state index contributed by atoms with van der Waals surface area (Å²) in [7, 11) is 1.35. The molecule has 0 aliphatic rings. The van der Waals surface area contributed by atoms with Gasteiger partial charge in [-0.15, -0.1) is 0 Å². The van der Waals surface area contributed by atoms with Gasteiger partial charge in [-0.1, -0.05) is 11.6 Å². The third-order valence-electron chi connectivity index (χ3n) is 2.90. The van der Waals surface area contributed by atoms with Gasteiger partial charge in [0.15, 0.2) is 0 Å². The molecule has 8 heteroatoms. The van der Waals surface area contributed by atoms with E-state index >= 15 is 0 Å². The number of nitrogens with zero attached hydrogens (tertiary/aromatic N) is 3. The van der Waals surface area contributed by atoms with E-state index in [9.17, 15) is 14.4 Å². The van der Waals surface area contributed by atoms with Crippen molar-refractivity contribution in [3.05, 3.63) is 56.1 Å². The molecule has 2 aromatic rings. The van der Waals surface area contributed by atoms with E-state index in [0.29, 0.717) is 16.5 Å². The number of hydrogen-bond acceptors (Lipinski definition) is 4. The zero-order valence-corrected chi connectivity index (χ0v) is 12.2. The number of hydrogen-bond donors (Lipinski definition) is 1. The molecule has 0 fully saturated rings. The molecule has 110 valence electrons. The maximum absolute atomic E-state index is 11.9. The molecule has 1 amide bonds. The first kappa shape index (κ1) is 15.0. The number of rotatable bonds is 3. The second-order valence-electron chi connectivity index (χ2n) is 4.44. The predicted octanol–water partition coefficient (Wildman–Crippen LogP) is 0.543. The largest absolute Gasteiger partial charge is 0.331 e. The summed E-state index contributed by atoms with van der Waals surface area (Å²) >= 11 is 5.73. The number of halogens is 1. The minimum atomic E-state index is -0.552. The average Bonchev–Trinajstić information content (AvgIpc) is 2.43. The summed E-state index contributed by atoms with van der Waals surface area (Å²) in [6.45, 7) is 1.51. The predicted molar refractivity (Wildman–Crippen MR) is 78.6 cm³/mol. The highest BCUT2D eigenvalue weighted by Gasteiger charge is 2.09. The van der Waals surface area contributed by atoms with Gasteiger partial charge >= 0.3 is 5.69 Å². The van der Waals surface area contributed by atoms with E-state index in [4.69, 9.17) is 11.6 Å². The Balaban J connectivity index is 2.18. The summed E-state index contributed by atoms with van der Waals surface area (Å²) in [5.74, 6) is -0.400. The van der Waals surface area contributed by atoms with Crippen LogP contribution >= 0.6 is 11.6 Å². The maximum Gasteiger partial charge on any atom is 0.331 e. The number of pyridine rings is 1. The Morgan fingerprint density at radius 3 is 2.71 bits per heavy atom. The molecule has 0 saturated carbocycles. The zero-order chi connectivity index (χ0) is 15.6. The first-order valence-electron chi connectivity index (χ1n) is 6.08. The van der Waals surface area contributed by atoms with E-state index in [-0.39, 0.29) is 6.54 Å². The van der Waals surface area contributed by atoms with Crippen LogP contribution in [0.5, 0.6) is 0 Å². The van der Waals surface area contributed by atoms with Crippen molar-refractivity contribution in [1.82, 2.24) is 14.1 Å². The van der Waals surface area contributed by atoms with Gasteiger partial charge in [0.1, 0.15) is 11.7 Å². The fraction of sp³-hybridized carbons (Fsp3) is 0.231. The van der Waals surface area contributed by atoms with E-state index in [2.05, 4.69) is 10.3 Å². The fourth-order valence-electron chi connectivity index (χ4n) is 1.74. The maximum atomic E-state index is 11.9. The third-order valence-corrected chi connectivity index (χ3v) is 3.11. The number of carbonyl (C=O) groups is 1. The van der Waals surface area contributed by atoms with E-state index in [1.165, 1.54) is 19.3 Å². The van der Waals surface area contributed by atoms with Crippen molar-refractivity contribution in [2.75, 3.05) is 5.32 Å². The summed E-state index contributed by atoms with van der Waals surface area (Å²) < 4.78 is 2.08. The quantitative estimate of drug-likeness (QED) is 0.839. The summed E-state index contributed by atoms with van der Waals surface area (Å²) in [6, 6.07) is 4.42. The van der Waals surface area contributed by atoms with Crippen LogP contribution in [0.4, 0.5) is 5.69 Å². The summed E-state index contributed by atoms with van der Waals surface area (Å²) in [5, 5.41) is 2.97. The van der Waals surface area contributed by atoms with Crippen molar-refractivity contribution >= 4 is 23.2 Å². The molecule has 0 bridgehead atoms. The van der Waals surface area contributed by atoms with Gasteiger partial charge in [0.05, 0.1) is 11.4 Å². The highest BCUT2D eigenvalue weighted by Crippen LogP contribution is 2.15. The number of nitrogens with one attached hydrogen (secondary N) is 1. The number of anilines is 1. The molecule has 0 spiro atoms. The molecule has 0 radical (unpaired) electrons. The zero-order valence-electron chi connectivity index (χ0n) is 11.5. The molecule has 0 saturated heterocycles. The van der Waals surface area contributed by atoms with Crippen molar-refractivity contribution < 1.29 is 4.79 Å². The molecule has 1 N–H and O–H groups in total. The van der Waals surface area contributed by atoms with Gasteiger partial charge in [0, 0.05) is 19.3 Å². The van der Waals surface area contributed by atoms with E-state index in [0.717, 1.165) is 9.13 Å². The van der Waals surface area contributed by atoms with Gasteiger partial charge in [-0.3, -0.25) is 18.7 Å². The van der Waals surface area contributed by atoms with Gasteiger partial charge in [-0.25, -0.2) is 9.78 Å². The van der Waals surface area contributed by atoms with Crippen molar-refractivity contribution in [3.8, 4) is 0 Å². The first-order chi connectivity index (χ1) is 9.88. The minimum Gasteiger partial charge on any atom is -0.323 e. The smallest absolute Gasteiger partial charge is 0.323 e. The van der Waals surface area contributed by atoms with Gasteiger partial charge in [-0.2, -0.15) is 0 Å². The topological polar surface area (TPSA) is 86.0 Å². The molecule has 2 rings (SSSR count). The van der Waals surface area contributed by atoms with Crippen LogP contribution in [0, 0.1) is 6.92 Å². The number of carbonyl (C=O) groups excluding carboxylic acids is 1. The molecule has 2 heterocycles. The summed E-state index contributed by atoms with van der Waals surface area (Å²) in [6.07, 6.45) is 1.29. The van der Waals surface area contributed by atoms with Crippen molar-refractivity contribution in [3.63, 3.8) is 0 Å². The normalized spacial score (nSPS) is 10.4. The highest BCUT2D eigenvalue weighted by atomic mass is 35.5. The highest BCUT2D eigenvalue weighted by molar-refractivity contribution is 6.29. The minimum absolute atomic E-state index is 0.199. The molecule has 0 aromatic carbocycles. The van der Waals surface area contributed by atoms with Gasteiger partial charge in [-0.05, 0) is 19.1 Å². The van der Waals surface area contributed by atoms with E-state index in [1.807, 2.05) is 0 Å². The lowest BCUT2D eigenvalue weighted by Crippen LogP contribution is -2.39. The van der Waals surface area contributed by atoms with Crippen LogP contribution in [0.2, 0.25) is 5.15 Å². The average molecular weight is 309 g/mol. The number of amides is 1. The Labute approximate surface area is 124 Å². The molecule has 0 unspecified atom stereocenters. The second kappa shape index (κ2) is 5.92. The first-order valence-corrected chi connectivity index (χ1v) is 6.46. The SMILES string of the molecule is Cc1nc(Cl)ccc1NC(=O)Cn1ccc(=O)n(C)c1=O. The Morgan fingerprint density at radius 1 is 1.33 bits per heavy atom. The van der Waals surface area contributed by atoms with E-state index < -0.39 is 17.2 Å². The standard InChI is InChI=1S/C13H13ClN4O3/c1-8-9(3-4-10(14)15-8)16-11(19)7-18-6-5-12(20)17(2)13(18)21/h3-6H,7H2,1-2H3,(H,16,19). The third kappa shape index (κ3) is 3.38. The van der Waals surface area contributed by atoms with Crippen LogP contribution in [-0.4, -0.2) is 20.0 Å². The van der Waals surface area contributed by atoms with E-state index in [1.54, 1.807) is 19.1 Å². The van der Waals surface area contributed by atoms with Crippen LogP contribution in [0.15, 0.2) is 34.0 Å². The lowest BCUT2D eigenvalue weighted by atomic mass is 10.3. The second-order valence-corrected chi connectivity index (χ2v) is 4.83. The molecule has 0 aliphatic carbocycles. The van der Waals surface area contributed by atoms with Crippen LogP contribution < -0.4 is 16.6 Å². The number of aromatic nitrogens is 3. The Morgan fingerprint density at radius 2 is 2.05 bits per heavy atom. The molecule has 2 aromatic heterocycles. The Hall–Kier alpha value is -2.41. The van der Waals surface area contributed by atoms with Crippen LogP contribution in [-0.2, 0) is 18.4 Å². The molecular weight excluding hydrogens is 296 g/mol. The monoisotopic (exact) mass is 308 g/mol. The summed E-state index contributed by atoms with van der Waals surface area (Å²) in [5.41, 5.74) is 0.115. The Kier molecular flexibility index (Phi) is 4.23. The fourth-order valence-corrected chi connectivity index (χ4v) is 1.93.